The summed E-state index contributed by atoms with van der Waals surface area (Å²) in [7, 11) is 0. The van der Waals surface area contributed by atoms with Crippen molar-refractivity contribution in [2.24, 2.45) is 0 Å². The number of alkyl halides is 3. The van der Waals surface area contributed by atoms with Crippen LogP contribution in [0.15, 0.2) is 36.5 Å². The van der Waals surface area contributed by atoms with Gasteiger partial charge in [-0.2, -0.15) is 13.2 Å². The fourth-order valence-corrected chi connectivity index (χ4v) is 1.38. The molecule has 18 heavy (non-hydrogen) atoms. The Balaban J connectivity index is 2.19. The Hall–Kier alpha value is -1.75. The van der Waals surface area contributed by atoms with Crippen molar-refractivity contribution in [3.05, 3.63) is 53.2 Å². The van der Waals surface area contributed by atoms with Gasteiger partial charge in [-0.15, -0.1) is 0 Å². The van der Waals surface area contributed by atoms with Gasteiger partial charge >= 0.3 is 6.18 Å². The number of halogens is 4. The summed E-state index contributed by atoms with van der Waals surface area (Å²) < 4.78 is 42.2. The van der Waals surface area contributed by atoms with E-state index >= 15 is 0 Å². The van der Waals surface area contributed by atoms with E-state index in [1.54, 1.807) is 0 Å². The van der Waals surface area contributed by atoms with Crippen molar-refractivity contribution in [3.63, 3.8) is 0 Å². The van der Waals surface area contributed by atoms with Gasteiger partial charge in [0.25, 0.3) is 0 Å². The first-order chi connectivity index (χ1) is 8.47. The van der Waals surface area contributed by atoms with Crippen LogP contribution >= 0.6 is 11.6 Å². The Morgan fingerprint density at radius 1 is 1.17 bits per heavy atom. The van der Waals surface area contributed by atoms with Crippen molar-refractivity contribution in [2.75, 3.05) is 0 Å². The molecule has 0 saturated heterocycles. The molecule has 2 aromatic rings. The van der Waals surface area contributed by atoms with E-state index in [-0.39, 0.29) is 16.7 Å². The second-order valence-electron chi connectivity index (χ2n) is 3.35. The van der Waals surface area contributed by atoms with E-state index in [0.29, 0.717) is 0 Å². The van der Waals surface area contributed by atoms with Crippen molar-refractivity contribution in [3.8, 4) is 11.6 Å². The average molecular weight is 273 g/mol. The smallest absolute Gasteiger partial charge is 0.416 e. The normalized spacial score (nSPS) is 11.3. The summed E-state index contributed by atoms with van der Waals surface area (Å²) in [5.41, 5.74) is -0.740. The van der Waals surface area contributed by atoms with Gasteiger partial charge in [-0.1, -0.05) is 11.6 Å². The molecule has 1 heterocycles. The van der Waals surface area contributed by atoms with Crippen LogP contribution in [0.1, 0.15) is 5.56 Å². The predicted octanol–water partition coefficient (Wildman–Crippen LogP) is 4.35. The van der Waals surface area contributed by atoms with Gasteiger partial charge in [0.1, 0.15) is 10.8 Å². The predicted molar refractivity (Wildman–Crippen MR) is 59.6 cm³/mol. The number of hydrogen-bond acceptors (Lipinski definition) is 2. The Morgan fingerprint density at radius 3 is 2.39 bits per heavy atom. The zero-order valence-corrected chi connectivity index (χ0v) is 9.59. The lowest BCUT2D eigenvalue weighted by atomic mass is 10.2. The number of benzene rings is 1. The first kappa shape index (κ1) is 12.7. The first-order valence-corrected chi connectivity index (χ1v) is 5.21. The molecule has 2 nitrogen and oxygen atoms in total. The van der Waals surface area contributed by atoms with Crippen LogP contribution < -0.4 is 4.74 Å². The summed E-state index contributed by atoms with van der Waals surface area (Å²) in [6, 6.07) is 8.37. The highest BCUT2D eigenvalue weighted by Gasteiger charge is 2.30. The molecule has 0 N–H and O–H groups in total. The molecule has 0 bridgehead atoms. The number of rotatable bonds is 2. The summed E-state index contributed by atoms with van der Waals surface area (Å²) in [5.74, 6) is 0.346. The van der Waals surface area contributed by atoms with Crippen LogP contribution in [-0.2, 0) is 6.18 Å². The molecule has 0 unspecified atom stereocenters. The third kappa shape index (κ3) is 2.92. The Morgan fingerprint density at radius 2 is 1.83 bits per heavy atom. The zero-order chi connectivity index (χ0) is 13.2. The van der Waals surface area contributed by atoms with Crippen LogP contribution in [-0.4, -0.2) is 4.98 Å². The lowest BCUT2D eigenvalue weighted by molar-refractivity contribution is -0.137. The van der Waals surface area contributed by atoms with Gasteiger partial charge in [-0.3, -0.25) is 0 Å². The van der Waals surface area contributed by atoms with Gasteiger partial charge in [0.15, 0.2) is 0 Å². The summed E-state index contributed by atoms with van der Waals surface area (Å²) in [4.78, 5) is 3.81. The van der Waals surface area contributed by atoms with E-state index in [9.17, 15) is 13.2 Å². The van der Waals surface area contributed by atoms with Crippen molar-refractivity contribution in [1.82, 2.24) is 4.98 Å². The van der Waals surface area contributed by atoms with Gasteiger partial charge in [0.2, 0.25) is 5.88 Å². The molecule has 1 aromatic heterocycles. The summed E-state index contributed by atoms with van der Waals surface area (Å²) >= 11 is 5.78. The van der Waals surface area contributed by atoms with Crippen molar-refractivity contribution in [2.45, 2.75) is 6.18 Å². The lowest BCUT2D eigenvalue weighted by Gasteiger charge is -2.08. The Bertz CT molecular complexity index is 540. The van der Waals surface area contributed by atoms with E-state index in [1.165, 1.54) is 24.4 Å². The van der Waals surface area contributed by atoms with E-state index in [0.717, 1.165) is 12.1 Å². The third-order valence-electron chi connectivity index (χ3n) is 2.07. The van der Waals surface area contributed by atoms with Crippen molar-refractivity contribution < 1.29 is 17.9 Å². The summed E-state index contributed by atoms with van der Waals surface area (Å²) in [5, 5.41) is 0.234. The second-order valence-corrected chi connectivity index (χ2v) is 3.75. The van der Waals surface area contributed by atoms with Crippen LogP contribution in [0.3, 0.4) is 0 Å². The summed E-state index contributed by atoms with van der Waals surface area (Å²) in [6.07, 6.45) is -3.01. The fourth-order valence-electron chi connectivity index (χ4n) is 1.23. The molecule has 2 rings (SSSR count). The molecule has 0 aliphatic heterocycles. The highest BCUT2D eigenvalue weighted by atomic mass is 35.5. The van der Waals surface area contributed by atoms with E-state index in [2.05, 4.69) is 11.1 Å². The topological polar surface area (TPSA) is 22.1 Å². The third-order valence-corrected chi connectivity index (χ3v) is 2.34. The quantitative estimate of drug-likeness (QED) is 0.811. The number of pyridine rings is 1. The molecule has 0 spiro atoms. The molecule has 0 aliphatic carbocycles. The highest BCUT2D eigenvalue weighted by molar-refractivity contribution is 6.31. The number of ether oxygens (including phenoxy) is 1. The van der Waals surface area contributed by atoms with Crippen LogP contribution in [0.5, 0.6) is 11.6 Å². The molecule has 1 radical (unpaired) electrons. The minimum absolute atomic E-state index is 0.121. The molecule has 6 heteroatoms. The number of nitrogens with zero attached hydrogens (tertiary/aromatic N) is 1. The fraction of sp³-hybridized carbons (Fsp3) is 0.0833. The van der Waals surface area contributed by atoms with Crippen LogP contribution in [0.2, 0.25) is 5.02 Å². The molecular formula is C12H6ClF3NO. The molecule has 0 amide bonds. The molecule has 0 fully saturated rings. The van der Waals surface area contributed by atoms with Gasteiger partial charge in [0.05, 0.1) is 5.56 Å². The standard InChI is InChI=1S/C12H6ClF3NO/c13-10-2-1-7-17-11(10)18-9-5-3-8(4-6-9)12(14,15)16/h2-7H. The number of hydrogen-bond donors (Lipinski definition) is 0. The molecule has 93 valence electrons. The second kappa shape index (κ2) is 4.86. The number of aromatic nitrogens is 1. The molecular weight excluding hydrogens is 267 g/mol. The maximum atomic E-state index is 12.3. The van der Waals surface area contributed by atoms with Gasteiger partial charge in [0, 0.05) is 12.3 Å². The van der Waals surface area contributed by atoms with Gasteiger partial charge in [-0.05, 0) is 30.3 Å². The van der Waals surface area contributed by atoms with E-state index in [4.69, 9.17) is 16.3 Å². The zero-order valence-electron chi connectivity index (χ0n) is 8.83. The Labute approximate surface area is 106 Å². The molecule has 1 aromatic carbocycles. The monoisotopic (exact) mass is 272 g/mol. The first-order valence-electron chi connectivity index (χ1n) is 4.83. The molecule has 0 atom stereocenters. The minimum atomic E-state index is -4.36. The van der Waals surface area contributed by atoms with Crippen LogP contribution in [0, 0.1) is 6.07 Å². The largest absolute Gasteiger partial charge is 0.438 e. The van der Waals surface area contributed by atoms with E-state index < -0.39 is 11.7 Å². The Kier molecular flexibility index (Phi) is 3.43. The van der Waals surface area contributed by atoms with Crippen molar-refractivity contribution in [1.29, 1.82) is 0 Å². The molecule has 0 aliphatic rings. The highest BCUT2D eigenvalue weighted by Crippen LogP contribution is 2.32. The van der Waals surface area contributed by atoms with Crippen LogP contribution in [0.4, 0.5) is 13.2 Å². The van der Waals surface area contributed by atoms with Crippen LogP contribution in [0.25, 0.3) is 0 Å². The van der Waals surface area contributed by atoms with Crippen molar-refractivity contribution >= 4 is 11.6 Å². The maximum Gasteiger partial charge on any atom is 0.416 e. The van der Waals surface area contributed by atoms with E-state index in [1.807, 2.05) is 0 Å². The minimum Gasteiger partial charge on any atom is -0.438 e. The van der Waals surface area contributed by atoms with Gasteiger partial charge in [-0.25, -0.2) is 4.98 Å². The SMILES string of the molecule is FC(F)(F)c1ccc(Oc2nc[c]cc2Cl)cc1. The average Bonchev–Trinajstić information content (AvgIpc) is 2.32. The summed E-state index contributed by atoms with van der Waals surface area (Å²) in [6.45, 7) is 0. The lowest BCUT2D eigenvalue weighted by Crippen LogP contribution is -2.04. The van der Waals surface area contributed by atoms with Gasteiger partial charge < -0.3 is 4.74 Å². The maximum absolute atomic E-state index is 12.3. The molecule has 0 saturated carbocycles.